The van der Waals surface area contributed by atoms with Crippen LogP contribution in [-0.2, 0) is 19.1 Å². The Hall–Kier alpha value is -2.50. The fraction of sp³-hybridized carbons (Fsp3) is 0.421. The van der Waals surface area contributed by atoms with Gasteiger partial charge in [-0.1, -0.05) is 18.2 Å². The highest BCUT2D eigenvalue weighted by Crippen LogP contribution is 2.40. The molecule has 0 fully saturated rings. The second kappa shape index (κ2) is 8.05. The minimum Gasteiger partial charge on any atom is -0.465 e. The lowest BCUT2D eigenvalue weighted by Crippen LogP contribution is -2.37. The molecule has 6 heteroatoms. The zero-order valence-electron chi connectivity index (χ0n) is 14.8. The lowest BCUT2D eigenvalue weighted by Gasteiger charge is -2.31. The van der Waals surface area contributed by atoms with E-state index >= 15 is 0 Å². The predicted molar refractivity (Wildman–Crippen MR) is 91.7 cm³/mol. The van der Waals surface area contributed by atoms with Crippen LogP contribution in [0.4, 0.5) is 4.39 Å². The largest absolute Gasteiger partial charge is 0.465 e. The van der Waals surface area contributed by atoms with E-state index in [1.165, 1.54) is 6.07 Å². The van der Waals surface area contributed by atoms with Crippen LogP contribution in [-0.4, -0.2) is 30.9 Å². The molecule has 5 nitrogen and oxygen atoms in total. The highest BCUT2D eigenvalue weighted by molar-refractivity contribution is 6.07. The molecule has 0 amide bonds. The molecular formula is C19H22FNO4. The van der Waals surface area contributed by atoms with E-state index in [1.54, 1.807) is 45.9 Å². The number of aliphatic imine (C=N–C) groups is 1. The maximum atomic E-state index is 14.5. The molecule has 0 spiro atoms. The summed E-state index contributed by atoms with van der Waals surface area (Å²) in [6, 6.07) is 6.09. The number of nitrogens with zero attached hydrogens (tertiary/aromatic N) is 1. The Labute approximate surface area is 146 Å². The Morgan fingerprint density at radius 3 is 2.36 bits per heavy atom. The summed E-state index contributed by atoms with van der Waals surface area (Å²) in [5.41, 5.74) is 1.34. The highest BCUT2D eigenvalue weighted by Gasteiger charge is 2.43. The number of hydrogen-bond acceptors (Lipinski definition) is 5. The highest BCUT2D eigenvalue weighted by atomic mass is 19.1. The Morgan fingerprint density at radius 1 is 1.12 bits per heavy atom. The van der Waals surface area contributed by atoms with Crippen molar-refractivity contribution in [1.82, 2.24) is 0 Å². The zero-order valence-corrected chi connectivity index (χ0v) is 14.8. The second-order valence-electron chi connectivity index (χ2n) is 5.70. The van der Waals surface area contributed by atoms with Crippen LogP contribution in [0.2, 0.25) is 0 Å². The average molecular weight is 347 g/mol. The first kappa shape index (κ1) is 18.8. The van der Waals surface area contributed by atoms with Crippen molar-refractivity contribution in [3.63, 3.8) is 0 Å². The van der Waals surface area contributed by atoms with E-state index in [4.69, 9.17) is 9.47 Å². The number of benzene rings is 1. The van der Waals surface area contributed by atoms with Crippen LogP contribution in [0.5, 0.6) is 0 Å². The Kier molecular flexibility index (Phi) is 6.07. The maximum absolute atomic E-state index is 14.5. The molecule has 0 bridgehead atoms. The van der Waals surface area contributed by atoms with Crippen LogP contribution in [0.25, 0.3) is 0 Å². The number of ether oxygens (including phenoxy) is 2. The van der Waals surface area contributed by atoms with Crippen molar-refractivity contribution in [2.45, 2.75) is 33.6 Å². The van der Waals surface area contributed by atoms with Crippen molar-refractivity contribution in [3.8, 4) is 0 Å². The van der Waals surface area contributed by atoms with Crippen molar-refractivity contribution in [2.24, 2.45) is 10.9 Å². The topological polar surface area (TPSA) is 65.0 Å². The zero-order chi connectivity index (χ0) is 18.6. The van der Waals surface area contributed by atoms with E-state index < -0.39 is 29.6 Å². The normalized spacial score (nSPS) is 20.1. The van der Waals surface area contributed by atoms with Gasteiger partial charge in [0.15, 0.2) is 0 Å². The molecule has 134 valence electrons. The summed E-state index contributed by atoms with van der Waals surface area (Å²) in [5, 5.41) is 0. The van der Waals surface area contributed by atoms with E-state index in [0.29, 0.717) is 11.4 Å². The van der Waals surface area contributed by atoms with Gasteiger partial charge in [0.2, 0.25) is 0 Å². The monoisotopic (exact) mass is 347 g/mol. The quantitative estimate of drug-likeness (QED) is 0.766. The number of carbonyl (C=O) groups excluding carboxylic acids is 2. The molecule has 0 saturated carbocycles. The van der Waals surface area contributed by atoms with Crippen molar-refractivity contribution >= 4 is 17.7 Å². The molecule has 25 heavy (non-hydrogen) atoms. The van der Waals surface area contributed by atoms with E-state index in [2.05, 4.69) is 4.99 Å². The first-order valence-electron chi connectivity index (χ1n) is 8.26. The van der Waals surface area contributed by atoms with Gasteiger partial charge in [-0.05, 0) is 39.3 Å². The van der Waals surface area contributed by atoms with Gasteiger partial charge in [0.25, 0.3) is 0 Å². The maximum Gasteiger partial charge on any atom is 0.336 e. The van der Waals surface area contributed by atoms with Crippen LogP contribution >= 0.6 is 0 Å². The molecule has 0 saturated heterocycles. The van der Waals surface area contributed by atoms with E-state index in [1.807, 2.05) is 0 Å². The third-order valence-corrected chi connectivity index (χ3v) is 4.10. The standard InChI is InChI=1S/C19H22FNO4/c1-5-24-18(22)15-11(3)21-12(4)16(19(23)25-6-2)17(15)13-9-7-8-10-14(13)20/h7-10,15,17H,5-6H2,1-4H3. The molecule has 1 heterocycles. The number of halogens is 1. The second-order valence-corrected chi connectivity index (χ2v) is 5.70. The van der Waals surface area contributed by atoms with Crippen LogP contribution in [0.3, 0.4) is 0 Å². The Morgan fingerprint density at radius 2 is 1.76 bits per heavy atom. The third kappa shape index (κ3) is 3.78. The number of allylic oxidation sites excluding steroid dienone is 1. The average Bonchev–Trinajstić information content (AvgIpc) is 2.54. The molecule has 2 atom stereocenters. The summed E-state index contributed by atoms with van der Waals surface area (Å²) in [6.07, 6.45) is 0. The van der Waals surface area contributed by atoms with Crippen LogP contribution in [0.1, 0.15) is 39.2 Å². The summed E-state index contributed by atoms with van der Waals surface area (Å²) in [5.74, 6) is -3.34. The Bertz CT molecular complexity index is 739. The van der Waals surface area contributed by atoms with Gasteiger partial charge in [-0.2, -0.15) is 0 Å². The van der Waals surface area contributed by atoms with Crippen molar-refractivity contribution < 1.29 is 23.5 Å². The molecule has 2 rings (SSSR count). The van der Waals surface area contributed by atoms with Crippen LogP contribution < -0.4 is 0 Å². The van der Waals surface area contributed by atoms with Crippen LogP contribution in [0, 0.1) is 11.7 Å². The third-order valence-electron chi connectivity index (χ3n) is 4.10. The molecule has 0 aliphatic carbocycles. The first-order valence-corrected chi connectivity index (χ1v) is 8.26. The van der Waals surface area contributed by atoms with Gasteiger partial charge in [-0.15, -0.1) is 0 Å². The van der Waals surface area contributed by atoms with Gasteiger partial charge in [-0.3, -0.25) is 9.79 Å². The van der Waals surface area contributed by atoms with Crippen molar-refractivity contribution in [2.75, 3.05) is 13.2 Å². The molecule has 0 radical (unpaired) electrons. The fourth-order valence-electron chi connectivity index (χ4n) is 3.11. The van der Waals surface area contributed by atoms with E-state index in [-0.39, 0.29) is 24.4 Å². The molecule has 1 aromatic rings. The number of hydrogen-bond donors (Lipinski definition) is 0. The number of rotatable bonds is 5. The lowest BCUT2D eigenvalue weighted by atomic mass is 9.75. The summed E-state index contributed by atoms with van der Waals surface area (Å²) < 4.78 is 24.8. The fourth-order valence-corrected chi connectivity index (χ4v) is 3.11. The molecule has 1 aliphatic rings. The van der Waals surface area contributed by atoms with E-state index in [9.17, 15) is 14.0 Å². The number of carbonyl (C=O) groups is 2. The summed E-state index contributed by atoms with van der Waals surface area (Å²) >= 11 is 0. The number of esters is 2. The van der Waals surface area contributed by atoms with Gasteiger partial charge >= 0.3 is 11.9 Å². The minimum atomic E-state index is -0.875. The molecule has 0 N–H and O–H groups in total. The smallest absolute Gasteiger partial charge is 0.336 e. The lowest BCUT2D eigenvalue weighted by molar-refractivity contribution is -0.146. The first-order chi connectivity index (χ1) is 11.9. The Balaban J connectivity index is 2.65. The van der Waals surface area contributed by atoms with E-state index in [0.717, 1.165) is 0 Å². The molecule has 1 aromatic carbocycles. The predicted octanol–water partition coefficient (Wildman–Crippen LogP) is 3.40. The van der Waals surface area contributed by atoms with Crippen molar-refractivity contribution in [1.29, 1.82) is 0 Å². The van der Waals surface area contributed by atoms with Gasteiger partial charge in [0, 0.05) is 17.3 Å². The molecular weight excluding hydrogens is 325 g/mol. The molecule has 1 aliphatic heterocycles. The summed E-state index contributed by atoms with van der Waals surface area (Å²) in [4.78, 5) is 29.4. The van der Waals surface area contributed by atoms with Gasteiger partial charge in [0.05, 0.1) is 18.8 Å². The SMILES string of the molecule is CCOC(=O)C1=C(C)N=C(C)C(C(=O)OCC)C1c1ccccc1F. The molecule has 2 unspecified atom stereocenters. The van der Waals surface area contributed by atoms with Crippen molar-refractivity contribution in [3.05, 3.63) is 46.9 Å². The van der Waals surface area contributed by atoms with Crippen LogP contribution in [0.15, 0.2) is 40.5 Å². The molecule has 0 aromatic heterocycles. The summed E-state index contributed by atoms with van der Waals surface area (Å²) in [6.45, 7) is 7.08. The minimum absolute atomic E-state index is 0.173. The van der Waals surface area contributed by atoms with Gasteiger partial charge in [-0.25, -0.2) is 9.18 Å². The summed E-state index contributed by atoms with van der Waals surface area (Å²) in [7, 11) is 0. The van der Waals surface area contributed by atoms with Gasteiger partial charge < -0.3 is 9.47 Å². The van der Waals surface area contributed by atoms with Gasteiger partial charge in [0.1, 0.15) is 11.7 Å².